The van der Waals surface area contributed by atoms with E-state index >= 15 is 0 Å². The molecule has 6 nitrogen and oxygen atoms in total. The minimum Gasteiger partial charge on any atom is -0.462 e. The second kappa shape index (κ2) is 7.10. The number of sulfone groups is 1. The first kappa shape index (κ1) is 18.4. The maximum atomic E-state index is 13.1. The van der Waals surface area contributed by atoms with E-state index in [1.54, 1.807) is 13.2 Å². The molecule has 0 aliphatic carbocycles. The molecule has 0 atom stereocenters. The number of hydrogen-bond donors (Lipinski definition) is 1. The number of rotatable bonds is 5. The van der Waals surface area contributed by atoms with Gasteiger partial charge in [0.25, 0.3) is 0 Å². The van der Waals surface area contributed by atoms with Gasteiger partial charge in [-0.3, -0.25) is 0 Å². The lowest BCUT2D eigenvalue weighted by Crippen LogP contribution is -2.04. The molecule has 0 aliphatic heterocycles. The first-order valence-electron chi connectivity index (χ1n) is 7.11. The summed E-state index contributed by atoms with van der Waals surface area (Å²) in [6, 6.07) is 4.44. The molecular formula is C15H13BrN2O4S3. The van der Waals surface area contributed by atoms with Gasteiger partial charge in [-0.25, -0.2) is 18.2 Å². The largest absolute Gasteiger partial charge is 0.462 e. The number of thioether (sulfide) groups is 1. The lowest BCUT2D eigenvalue weighted by Gasteiger charge is -2.06. The number of carbonyl (C=O) groups is 1. The SMILES string of the molecule is CCOC(=O)c1cc(S(=O)(=O)c2cc(Br)c3nc[nH]c3c2)c(SC)s1. The van der Waals surface area contributed by atoms with E-state index in [9.17, 15) is 13.2 Å². The van der Waals surface area contributed by atoms with Crippen molar-refractivity contribution in [3.8, 4) is 0 Å². The molecule has 132 valence electrons. The van der Waals surface area contributed by atoms with Gasteiger partial charge in [0.2, 0.25) is 9.84 Å². The van der Waals surface area contributed by atoms with Crippen LogP contribution in [0, 0.1) is 0 Å². The number of esters is 1. The molecule has 1 N–H and O–H groups in total. The van der Waals surface area contributed by atoms with Gasteiger partial charge in [0.15, 0.2) is 0 Å². The fourth-order valence-corrected chi connectivity index (χ4v) is 6.91. The Bertz CT molecular complexity index is 1060. The van der Waals surface area contributed by atoms with Gasteiger partial charge in [0.05, 0.1) is 32.5 Å². The third-order valence-corrected chi connectivity index (χ3v) is 8.25. The Kier molecular flexibility index (Phi) is 5.24. The molecule has 0 bridgehead atoms. The molecule has 0 amide bonds. The van der Waals surface area contributed by atoms with Gasteiger partial charge in [0, 0.05) is 4.47 Å². The smallest absolute Gasteiger partial charge is 0.348 e. The van der Waals surface area contributed by atoms with Crippen LogP contribution in [0.4, 0.5) is 0 Å². The molecule has 0 aliphatic rings. The van der Waals surface area contributed by atoms with E-state index in [4.69, 9.17) is 4.74 Å². The Morgan fingerprint density at radius 2 is 2.16 bits per heavy atom. The molecular weight excluding hydrogens is 448 g/mol. The van der Waals surface area contributed by atoms with Gasteiger partial charge in [-0.1, -0.05) is 0 Å². The summed E-state index contributed by atoms with van der Waals surface area (Å²) in [4.78, 5) is 19.5. The molecule has 2 aromatic heterocycles. The Morgan fingerprint density at radius 3 is 2.84 bits per heavy atom. The van der Waals surface area contributed by atoms with Gasteiger partial charge in [-0.15, -0.1) is 23.1 Å². The topological polar surface area (TPSA) is 89.1 Å². The van der Waals surface area contributed by atoms with E-state index < -0.39 is 15.8 Å². The van der Waals surface area contributed by atoms with E-state index in [2.05, 4.69) is 25.9 Å². The molecule has 10 heteroatoms. The maximum Gasteiger partial charge on any atom is 0.348 e. The fourth-order valence-electron chi connectivity index (χ4n) is 2.25. The summed E-state index contributed by atoms with van der Waals surface area (Å²) in [6.45, 7) is 1.94. The Balaban J connectivity index is 2.14. The van der Waals surface area contributed by atoms with Crippen molar-refractivity contribution in [2.24, 2.45) is 0 Å². The summed E-state index contributed by atoms with van der Waals surface area (Å²) in [5.74, 6) is -0.519. The molecule has 2 heterocycles. The van der Waals surface area contributed by atoms with E-state index in [0.717, 1.165) is 11.3 Å². The Labute approximate surface area is 161 Å². The quantitative estimate of drug-likeness (QED) is 0.454. The first-order valence-corrected chi connectivity index (χ1v) is 11.4. The van der Waals surface area contributed by atoms with Crippen molar-refractivity contribution in [2.75, 3.05) is 12.9 Å². The molecule has 1 aromatic carbocycles. The van der Waals surface area contributed by atoms with Crippen molar-refractivity contribution >= 4 is 65.9 Å². The van der Waals surface area contributed by atoms with Crippen molar-refractivity contribution in [3.05, 3.63) is 33.9 Å². The molecule has 3 aromatic rings. The summed E-state index contributed by atoms with van der Waals surface area (Å²) in [5.41, 5.74) is 1.26. The van der Waals surface area contributed by atoms with Crippen LogP contribution in [-0.2, 0) is 14.6 Å². The minimum absolute atomic E-state index is 0.110. The van der Waals surface area contributed by atoms with Crippen LogP contribution in [0.2, 0.25) is 0 Å². The van der Waals surface area contributed by atoms with Gasteiger partial charge in [0.1, 0.15) is 10.4 Å². The predicted octanol–water partition coefficient (Wildman–Crippen LogP) is 4.12. The second-order valence-electron chi connectivity index (χ2n) is 4.89. The summed E-state index contributed by atoms with van der Waals surface area (Å²) >= 11 is 5.75. The Morgan fingerprint density at radius 1 is 1.40 bits per heavy atom. The average Bonchev–Trinajstić information content (AvgIpc) is 3.22. The van der Waals surface area contributed by atoms with E-state index in [1.165, 1.54) is 36.3 Å². The number of halogens is 1. The number of imidazole rings is 1. The summed E-state index contributed by atoms with van der Waals surface area (Å²) in [5, 5.41) is 0. The number of aromatic amines is 1. The van der Waals surface area contributed by atoms with Crippen molar-refractivity contribution in [2.45, 2.75) is 20.9 Å². The zero-order valence-electron chi connectivity index (χ0n) is 13.2. The number of hydrogen-bond acceptors (Lipinski definition) is 7. The maximum absolute atomic E-state index is 13.1. The predicted molar refractivity (Wildman–Crippen MR) is 101 cm³/mol. The van der Waals surface area contributed by atoms with Crippen molar-refractivity contribution < 1.29 is 17.9 Å². The van der Waals surface area contributed by atoms with Crippen LogP contribution in [0.15, 0.2) is 43.0 Å². The molecule has 0 radical (unpaired) electrons. The second-order valence-corrected chi connectivity index (χ2v) is 9.79. The molecule has 0 fully saturated rings. The number of thiophene rings is 1. The number of fused-ring (bicyclic) bond motifs is 1. The number of aromatic nitrogens is 2. The number of carbonyl (C=O) groups excluding carboxylic acids is 1. The standard InChI is InChI=1S/C15H13BrN2O4S3/c1-3-22-14(19)11-6-12(15(23-2)24-11)25(20,21)8-4-9(16)13-10(5-8)17-7-18-13/h4-7H,3H2,1-2H3,(H,17,18). The minimum atomic E-state index is -3.80. The van der Waals surface area contributed by atoms with Gasteiger partial charge in [-0.2, -0.15) is 0 Å². The number of nitrogens with one attached hydrogen (secondary N) is 1. The van der Waals surface area contributed by atoms with Crippen molar-refractivity contribution in [1.82, 2.24) is 9.97 Å². The van der Waals surface area contributed by atoms with Crippen LogP contribution < -0.4 is 0 Å². The average molecular weight is 461 g/mol. The number of ether oxygens (including phenoxy) is 1. The highest BCUT2D eigenvalue weighted by atomic mass is 79.9. The molecule has 0 spiro atoms. The highest BCUT2D eigenvalue weighted by Gasteiger charge is 2.27. The highest BCUT2D eigenvalue weighted by Crippen LogP contribution is 2.38. The number of benzene rings is 1. The van der Waals surface area contributed by atoms with E-state index in [-0.39, 0.29) is 21.3 Å². The third kappa shape index (κ3) is 3.35. The normalized spacial score (nSPS) is 11.8. The summed E-state index contributed by atoms with van der Waals surface area (Å²) in [7, 11) is -3.80. The van der Waals surface area contributed by atoms with E-state index in [0.29, 0.717) is 19.7 Å². The van der Waals surface area contributed by atoms with Crippen molar-refractivity contribution in [3.63, 3.8) is 0 Å². The fraction of sp³-hybridized carbons (Fsp3) is 0.200. The zero-order chi connectivity index (χ0) is 18.2. The lowest BCUT2D eigenvalue weighted by atomic mass is 10.3. The lowest BCUT2D eigenvalue weighted by molar-refractivity contribution is 0.0532. The van der Waals surface area contributed by atoms with Crippen LogP contribution in [-0.4, -0.2) is 37.2 Å². The van der Waals surface area contributed by atoms with Crippen LogP contribution >= 0.6 is 39.0 Å². The van der Waals surface area contributed by atoms with Gasteiger partial charge < -0.3 is 9.72 Å². The first-order chi connectivity index (χ1) is 11.9. The van der Waals surface area contributed by atoms with Gasteiger partial charge >= 0.3 is 5.97 Å². The van der Waals surface area contributed by atoms with Crippen LogP contribution in [0.3, 0.4) is 0 Å². The molecule has 0 saturated carbocycles. The Hall–Kier alpha value is -1.36. The third-order valence-electron chi connectivity index (χ3n) is 3.38. The van der Waals surface area contributed by atoms with E-state index in [1.807, 2.05) is 0 Å². The summed E-state index contributed by atoms with van der Waals surface area (Å²) < 4.78 is 32.3. The van der Waals surface area contributed by atoms with Gasteiger partial charge in [-0.05, 0) is 47.3 Å². The number of nitrogens with zero attached hydrogens (tertiary/aromatic N) is 1. The molecule has 0 saturated heterocycles. The molecule has 3 rings (SSSR count). The number of H-pyrrole nitrogens is 1. The van der Waals surface area contributed by atoms with Crippen molar-refractivity contribution in [1.29, 1.82) is 0 Å². The van der Waals surface area contributed by atoms with Crippen LogP contribution in [0.5, 0.6) is 0 Å². The zero-order valence-corrected chi connectivity index (χ0v) is 17.2. The van der Waals surface area contributed by atoms with Crippen LogP contribution in [0.25, 0.3) is 11.0 Å². The molecule has 25 heavy (non-hydrogen) atoms. The highest BCUT2D eigenvalue weighted by molar-refractivity contribution is 9.10. The van der Waals surface area contributed by atoms with Crippen LogP contribution in [0.1, 0.15) is 16.6 Å². The molecule has 0 unspecified atom stereocenters. The summed E-state index contributed by atoms with van der Waals surface area (Å²) in [6.07, 6.45) is 3.27. The monoisotopic (exact) mass is 460 g/mol.